The number of alkyl halides is 6. The summed E-state index contributed by atoms with van der Waals surface area (Å²) in [5, 5.41) is 1.70. The number of anilines is 2. The van der Waals surface area contributed by atoms with Crippen LogP contribution in [0.1, 0.15) is 77.9 Å². The van der Waals surface area contributed by atoms with Crippen molar-refractivity contribution < 1.29 is 40.7 Å². The fourth-order valence-electron chi connectivity index (χ4n) is 8.46. The highest BCUT2D eigenvalue weighted by atomic mass is 79.9. The Morgan fingerprint density at radius 3 is 1.33 bits per heavy atom. The molecule has 0 bridgehead atoms. The van der Waals surface area contributed by atoms with Gasteiger partial charge in [0.05, 0.1) is 39.9 Å². The van der Waals surface area contributed by atoms with Gasteiger partial charge in [-0.3, -0.25) is 13.9 Å². The fraction of sp³-hybridized carbons (Fsp3) is 0.391. The number of carbonyl (C=O) groups is 2. The van der Waals surface area contributed by atoms with E-state index in [9.17, 15) is 35.9 Å². The highest BCUT2D eigenvalue weighted by Gasteiger charge is 2.35. The number of rotatable bonds is 6. The zero-order chi connectivity index (χ0) is 49.0. The Hall–Kier alpha value is -4.34. The SMILES string of the molecule is CCOC(=O)C=C1CCN(c2nc(C)nc3c2c(C)c(C)n3-c2c(Br)cc(C(F)(F)F)cc2Br)CC1.Cc1nc(N2CCC(=O)CC2)c2c(C)c(C)n(-c3c(Br)cc(C(F)(F)F)cc3Br)c2n1. The molecule has 0 radical (unpaired) electrons. The molecule has 0 spiro atoms. The van der Waals surface area contributed by atoms with Crippen LogP contribution in [0.5, 0.6) is 0 Å². The van der Waals surface area contributed by atoms with Crippen molar-refractivity contribution >= 4 is 109 Å². The van der Waals surface area contributed by atoms with Gasteiger partial charge >= 0.3 is 18.3 Å². The van der Waals surface area contributed by atoms with Crippen molar-refractivity contribution in [2.75, 3.05) is 42.6 Å². The second-order valence-corrected chi connectivity index (χ2v) is 19.7. The van der Waals surface area contributed by atoms with Crippen LogP contribution in [0.15, 0.2) is 53.8 Å². The number of fused-ring (bicyclic) bond motifs is 2. The predicted octanol–water partition coefficient (Wildman–Crippen LogP) is 13.0. The number of benzene rings is 2. The van der Waals surface area contributed by atoms with Gasteiger partial charge in [-0.25, -0.2) is 24.7 Å². The van der Waals surface area contributed by atoms with Gasteiger partial charge in [-0.1, -0.05) is 5.57 Å². The van der Waals surface area contributed by atoms with E-state index in [1.165, 1.54) is 0 Å². The first kappa shape index (κ1) is 50.5. The molecular weight excluding hydrogens is 1150 g/mol. The number of hydrogen-bond acceptors (Lipinski definition) is 9. The molecule has 0 amide bonds. The number of ether oxygens (including phenoxy) is 1. The summed E-state index contributed by atoms with van der Waals surface area (Å²) in [6, 6.07) is 4.31. The number of ketones is 1. The van der Waals surface area contributed by atoms with E-state index in [2.05, 4.69) is 83.5 Å². The van der Waals surface area contributed by atoms with Gasteiger partial charge in [-0.15, -0.1) is 0 Å². The lowest BCUT2D eigenvalue weighted by atomic mass is 10.0. The molecule has 2 aliphatic rings. The number of aryl methyl sites for hydroxylation is 4. The van der Waals surface area contributed by atoms with Crippen molar-refractivity contribution in [2.24, 2.45) is 0 Å². The van der Waals surface area contributed by atoms with E-state index in [-0.39, 0.29) is 11.8 Å². The fourth-order valence-corrected chi connectivity index (χ4v) is 11.5. The van der Waals surface area contributed by atoms with E-state index in [0.29, 0.717) is 111 Å². The number of carbonyl (C=O) groups excluding carboxylic acids is 2. The van der Waals surface area contributed by atoms with E-state index in [1.54, 1.807) is 26.8 Å². The second kappa shape index (κ2) is 19.6. The topological polar surface area (TPSA) is 111 Å². The third kappa shape index (κ3) is 10.2. The smallest absolute Gasteiger partial charge is 0.416 e. The maximum absolute atomic E-state index is 13.4. The molecule has 0 saturated carbocycles. The van der Waals surface area contributed by atoms with Crippen molar-refractivity contribution in [1.29, 1.82) is 0 Å². The molecule has 0 aliphatic carbocycles. The maximum Gasteiger partial charge on any atom is 0.416 e. The van der Waals surface area contributed by atoms with Crippen LogP contribution >= 0.6 is 63.7 Å². The average Bonchev–Trinajstić information content (AvgIpc) is 3.63. The van der Waals surface area contributed by atoms with Gasteiger partial charge in [0.2, 0.25) is 0 Å². The Morgan fingerprint density at radius 2 is 0.985 bits per heavy atom. The number of halogens is 10. The minimum Gasteiger partial charge on any atom is -0.463 e. The standard InChI is InChI=1S/C25H25Br2F3N4O2.C21H19Br2F3N4O/c1-5-36-20(35)10-16-6-8-33(9-7-16)23-21-13(2)14(3)34(24(21)32-15(4)31-23)22-18(26)11-17(12-19(22)27)25(28,29)30;1-10-11(2)30(18-15(22)8-13(9-16(18)23)21(24,25)26)20-17(10)19(27-12(3)28-20)29-6-4-14(31)5-7-29/h10-12H,5-9H2,1-4H3;8-9H,4-7H2,1-3H3. The monoisotopic (exact) mass is 1190 g/mol. The van der Waals surface area contributed by atoms with E-state index < -0.39 is 23.5 Å². The van der Waals surface area contributed by atoms with Crippen LogP contribution in [0.2, 0.25) is 0 Å². The summed E-state index contributed by atoms with van der Waals surface area (Å²) >= 11 is 13.4. The molecule has 0 N–H and O–H groups in total. The van der Waals surface area contributed by atoms with E-state index in [0.717, 1.165) is 74.8 Å². The summed E-state index contributed by atoms with van der Waals surface area (Å²) in [4.78, 5) is 46.6. The molecule has 4 aromatic heterocycles. The zero-order valence-electron chi connectivity index (χ0n) is 37.3. The van der Waals surface area contributed by atoms with Gasteiger partial charge in [0.15, 0.2) is 11.3 Å². The number of nitrogens with zero attached hydrogens (tertiary/aromatic N) is 8. The lowest BCUT2D eigenvalue weighted by Gasteiger charge is -2.30. The number of hydrogen-bond donors (Lipinski definition) is 0. The Bertz CT molecular complexity index is 2930. The molecule has 11 nitrogen and oxygen atoms in total. The van der Waals surface area contributed by atoms with Gasteiger partial charge in [-0.2, -0.15) is 26.3 Å². The number of esters is 1. The van der Waals surface area contributed by atoms with Gasteiger partial charge in [0.25, 0.3) is 0 Å². The molecule has 6 aromatic rings. The summed E-state index contributed by atoms with van der Waals surface area (Å²) in [6.45, 7) is 16.0. The first-order valence-electron chi connectivity index (χ1n) is 21.1. The summed E-state index contributed by atoms with van der Waals surface area (Å²) in [7, 11) is 0. The van der Waals surface area contributed by atoms with Crippen LogP contribution in [0.25, 0.3) is 33.4 Å². The predicted molar refractivity (Wildman–Crippen MR) is 260 cm³/mol. The molecule has 2 aliphatic heterocycles. The minimum absolute atomic E-state index is 0.237. The molecule has 2 saturated heterocycles. The quantitative estimate of drug-likeness (QED) is 0.0914. The van der Waals surface area contributed by atoms with Crippen LogP contribution in [0.3, 0.4) is 0 Å². The average molecular weight is 1190 g/mol. The van der Waals surface area contributed by atoms with Crippen LogP contribution < -0.4 is 9.80 Å². The first-order chi connectivity index (χ1) is 31.4. The molecule has 356 valence electrons. The normalized spacial score (nSPS) is 14.8. The van der Waals surface area contributed by atoms with Crippen LogP contribution in [0, 0.1) is 41.5 Å². The Labute approximate surface area is 415 Å². The molecule has 6 heterocycles. The summed E-state index contributed by atoms with van der Waals surface area (Å²) in [6.07, 6.45) is -4.99. The third-order valence-corrected chi connectivity index (χ3v) is 14.4. The highest BCUT2D eigenvalue weighted by molar-refractivity contribution is 9.11. The van der Waals surface area contributed by atoms with E-state index in [1.807, 2.05) is 36.8 Å². The number of Topliss-reactive ketones (excluding diaryl/α,β-unsaturated/α-hetero) is 1. The van der Waals surface area contributed by atoms with Gasteiger partial charge < -0.3 is 14.5 Å². The maximum atomic E-state index is 13.4. The molecule has 67 heavy (non-hydrogen) atoms. The van der Waals surface area contributed by atoms with Crippen molar-refractivity contribution in [2.45, 2.75) is 86.5 Å². The van der Waals surface area contributed by atoms with E-state index >= 15 is 0 Å². The van der Waals surface area contributed by atoms with Gasteiger partial charge in [-0.05, 0) is 160 Å². The molecule has 0 atom stereocenters. The Kier molecular flexibility index (Phi) is 14.8. The molecule has 2 fully saturated rings. The Morgan fingerprint density at radius 1 is 0.627 bits per heavy atom. The number of piperidine rings is 2. The van der Waals surface area contributed by atoms with Crippen LogP contribution in [-0.4, -0.2) is 73.6 Å². The summed E-state index contributed by atoms with van der Waals surface area (Å²) < 4.78 is 89.8. The van der Waals surface area contributed by atoms with Crippen molar-refractivity contribution in [1.82, 2.24) is 29.1 Å². The van der Waals surface area contributed by atoms with Crippen LogP contribution in [-0.2, 0) is 26.7 Å². The van der Waals surface area contributed by atoms with Gasteiger partial charge in [0.1, 0.15) is 29.1 Å². The largest absolute Gasteiger partial charge is 0.463 e. The molecule has 0 unspecified atom stereocenters. The molecule has 8 rings (SSSR count). The summed E-state index contributed by atoms with van der Waals surface area (Å²) in [5.41, 5.74) is 5.48. The summed E-state index contributed by atoms with van der Waals surface area (Å²) in [5.74, 6) is 2.57. The van der Waals surface area contributed by atoms with E-state index in [4.69, 9.17) is 14.7 Å². The minimum atomic E-state index is -4.46. The first-order valence-corrected chi connectivity index (χ1v) is 24.3. The molecular formula is C46H44Br4F6N8O3. The van der Waals surface area contributed by atoms with Crippen molar-refractivity contribution in [3.8, 4) is 11.4 Å². The second-order valence-electron chi connectivity index (χ2n) is 16.3. The van der Waals surface area contributed by atoms with Gasteiger partial charge in [0, 0.05) is 74.4 Å². The van der Waals surface area contributed by atoms with Crippen LogP contribution in [0.4, 0.5) is 38.0 Å². The zero-order valence-corrected chi connectivity index (χ0v) is 43.7. The molecule has 2 aromatic carbocycles. The lowest BCUT2D eigenvalue weighted by molar-refractivity contribution is -0.138. The molecule has 21 heteroatoms. The van der Waals surface area contributed by atoms with Crippen molar-refractivity contribution in [3.05, 3.63) is 99.1 Å². The Balaban J connectivity index is 0.000000201. The third-order valence-electron chi connectivity index (χ3n) is 12.0. The number of aromatic nitrogens is 6. The van der Waals surface area contributed by atoms with Crippen molar-refractivity contribution in [3.63, 3.8) is 0 Å². The lowest BCUT2D eigenvalue weighted by Crippen LogP contribution is -2.34. The highest BCUT2D eigenvalue weighted by Crippen LogP contribution is 2.44.